The van der Waals surface area contributed by atoms with Gasteiger partial charge in [0.2, 0.25) is 0 Å². The Morgan fingerprint density at radius 3 is 2.80 bits per heavy atom. The van der Waals surface area contributed by atoms with Crippen molar-refractivity contribution in [2.24, 2.45) is 5.92 Å². The summed E-state index contributed by atoms with van der Waals surface area (Å²) in [6.07, 6.45) is 0.879. The average molecular weight is 216 g/mol. The summed E-state index contributed by atoms with van der Waals surface area (Å²) in [5, 5.41) is 0. The molecule has 0 spiro atoms. The molecule has 15 heavy (non-hydrogen) atoms. The van der Waals surface area contributed by atoms with E-state index in [-0.39, 0.29) is 18.3 Å². The molecule has 0 aromatic carbocycles. The first-order chi connectivity index (χ1) is 7.21. The summed E-state index contributed by atoms with van der Waals surface area (Å²) in [6, 6.07) is 0. The fourth-order valence-electron chi connectivity index (χ4n) is 1.49. The summed E-state index contributed by atoms with van der Waals surface area (Å²) in [7, 11) is 3.12. The van der Waals surface area contributed by atoms with Crippen molar-refractivity contribution in [2.45, 2.75) is 18.8 Å². The van der Waals surface area contributed by atoms with E-state index in [1.807, 2.05) is 0 Å². The largest absolute Gasteiger partial charge is 0.508 e. The first kappa shape index (κ1) is 12.0. The molecule has 86 valence electrons. The number of cyclic esters (lactones) is 2. The third-order valence-corrected chi connectivity index (χ3v) is 2.37. The number of rotatable bonds is 5. The van der Waals surface area contributed by atoms with E-state index in [1.165, 1.54) is 0 Å². The molecule has 0 radical (unpaired) electrons. The second kappa shape index (κ2) is 5.72. The van der Waals surface area contributed by atoms with Crippen LogP contribution in [0.5, 0.6) is 0 Å². The van der Waals surface area contributed by atoms with Crippen LogP contribution < -0.4 is 0 Å². The van der Waals surface area contributed by atoms with E-state index < -0.39 is 6.16 Å². The van der Waals surface area contributed by atoms with E-state index in [2.05, 4.69) is 6.58 Å². The molecule has 0 aliphatic carbocycles. The van der Waals surface area contributed by atoms with Crippen LogP contribution in [0, 0.1) is 5.92 Å². The summed E-state index contributed by atoms with van der Waals surface area (Å²) in [6.45, 7) is 3.92. The lowest BCUT2D eigenvalue weighted by Crippen LogP contribution is -2.38. The lowest BCUT2D eigenvalue weighted by atomic mass is 9.98. The van der Waals surface area contributed by atoms with Gasteiger partial charge in [0.1, 0.15) is 12.7 Å². The molecule has 0 saturated carbocycles. The standard InChI is InChI=1S/C10H16O5/c1-4-8-7(5-9(12-2)13-3)6-14-10(11)15-8/h4,7-9H,1,5-6H2,2-3H3/t7-,8-/m0/s1. The molecule has 1 heterocycles. The summed E-state index contributed by atoms with van der Waals surface area (Å²) in [5.74, 6) is 0.0186. The molecule has 1 saturated heterocycles. The summed E-state index contributed by atoms with van der Waals surface area (Å²) in [4.78, 5) is 10.8. The zero-order valence-electron chi connectivity index (χ0n) is 8.97. The molecule has 1 aliphatic heterocycles. The molecule has 2 atom stereocenters. The molecular weight excluding hydrogens is 200 g/mol. The van der Waals surface area contributed by atoms with Gasteiger partial charge in [-0.1, -0.05) is 12.7 Å². The van der Waals surface area contributed by atoms with Gasteiger partial charge in [-0.15, -0.1) is 0 Å². The number of carbonyl (C=O) groups excluding carboxylic acids is 1. The van der Waals surface area contributed by atoms with E-state index in [1.54, 1.807) is 20.3 Å². The van der Waals surface area contributed by atoms with E-state index >= 15 is 0 Å². The van der Waals surface area contributed by atoms with Gasteiger partial charge in [0.05, 0.1) is 0 Å². The molecular formula is C10H16O5. The molecule has 1 fully saturated rings. The minimum atomic E-state index is -0.650. The first-order valence-electron chi connectivity index (χ1n) is 4.72. The summed E-state index contributed by atoms with van der Waals surface area (Å²) < 4.78 is 19.9. The van der Waals surface area contributed by atoms with Crippen LogP contribution in [0.4, 0.5) is 4.79 Å². The smallest absolute Gasteiger partial charge is 0.434 e. The van der Waals surface area contributed by atoms with Gasteiger partial charge >= 0.3 is 6.16 Å². The van der Waals surface area contributed by atoms with Gasteiger partial charge in [-0.3, -0.25) is 0 Å². The van der Waals surface area contributed by atoms with E-state index in [0.29, 0.717) is 13.0 Å². The second-order valence-electron chi connectivity index (χ2n) is 3.28. The van der Waals surface area contributed by atoms with Gasteiger partial charge in [-0.2, -0.15) is 0 Å². The van der Waals surface area contributed by atoms with Crippen LogP contribution >= 0.6 is 0 Å². The zero-order chi connectivity index (χ0) is 11.3. The summed E-state index contributed by atoms with van der Waals surface area (Å²) in [5.41, 5.74) is 0. The fourth-order valence-corrected chi connectivity index (χ4v) is 1.49. The number of hydrogen-bond donors (Lipinski definition) is 0. The third kappa shape index (κ3) is 3.21. The van der Waals surface area contributed by atoms with Gasteiger partial charge in [-0.25, -0.2) is 4.79 Å². The van der Waals surface area contributed by atoms with Crippen LogP contribution in [-0.4, -0.2) is 39.4 Å². The molecule has 5 nitrogen and oxygen atoms in total. The molecule has 1 rings (SSSR count). The van der Waals surface area contributed by atoms with Crippen LogP contribution in [0.25, 0.3) is 0 Å². The van der Waals surface area contributed by atoms with Crippen molar-refractivity contribution in [1.82, 2.24) is 0 Å². The van der Waals surface area contributed by atoms with Gasteiger partial charge in [-0.05, 0) is 0 Å². The molecule has 5 heteroatoms. The highest BCUT2D eigenvalue weighted by Crippen LogP contribution is 2.22. The molecule has 1 aliphatic rings. The van der Waals surface area contributed by atoms with Gasteiger partial charge in [0.15, 0.2) is 6.29 Å². The van der Waals surface area contributed by atoms with Crippen LogP contribution in [0.1, 0.15) is 6.42 Å². The Balaban J connectivity index is 2.51. The second-order valence-corrected chi connectivity index (χ2v) is 3.28. The fraction of sp³-hybridized carbons (Fsp3) is 0.700. The van der Waals surface area contributed by atoms with Gasteiger partial charge in [0.25, 0.3) is 0 Å². The molecule has 0 bridgehead atoms. The van der Waals surface area contributed by atoms with Crippen LogP contribution in [0.2, 0.25) is 0 Å². The normalized spacial score (nSPS) is 25.9. The van der Waals surface area contributed by atoms with Crippen LogP contribution in [0.3, 0.4) is 0 Å². The predicted molar refractivity (Wildman–Crippen MR) is 52.3 cm³/mol. The number of hydrogen-bond acceptors (Lipinski definition) is 5. The van der Waals surface area contributed by atoms with Crippen LogP contribution in [-0.2, 0) is 18.9 Å². The van der Waals surface area contributed by atoms with Gasteiger partial charge in [0, 0.05) is 26.6 Å². The number of methoxy groups -OCH3 is 2. The van der Waals surface area contributed by atoms with Crippen molar-refractivity contribution >= 4 is 6.16 Å². The molecule has 0 amide bonds. The third-order valence-electron chi connectivity index (χ3n) is 2.37. The van der Waals surface area contributed by atoms with Crippen molar-refractivity contribution < 1.29 is 23.7 Å². The van der Waals surface area contributed by atoms with E-state index in [0.717, 1.165) is 0 Å². The first-order valence-corrected chi connectivity index (χ1v) is 4.72. The maximum absolute atomic E-state index is 10.8. The van der Waals surface area contributed by atoms with Crippen molar-refractivity contribution in [3.8, 4) is 0 Å². The lowest BCUT2D eigenvalue weighted by molar-refractivity contribution is -0.134. The quantitative estimate of drug-likeness (QED) is 0.394. The monoisotopic (exact) mass is 216 g/mol. The Labute approximate surface area is 88.9 Å². The maximum Gasteiger partial charge on any atom is 0.508 e. The minimum absolute atomic E-state index is 0.0186. The Hall–Kier alpha value is -1.07. The van der Waals surface area contributed by atoms with Crippen molar-refractivity contribution in [3.05, 3.63) is 12.7 Å². The lowest BCUT2D eigenvalue weighted by Gasteiger charge is -2.30. The van der Waals surface area contributed by atoms with E-state index in [9.17, 15) is 4.79 Å². The maximum atomic E-state index is 10.8. The average Bonchev–Trinajstić information content (AvgIpc) is 2.27. The molecule has 0 N–H and O–H groups in total. The number of ether oxygens (including phenoxy) is 4. The van der Waals surface area contributed by atoms with Crippen LogP contribution in [0.15, 0.2) is 12.7 Å². The highest BCUT2D eigenvalue weighted by molar-refractivity contribution is 5.61. The Morgan fingerprint density at radius 1 is 1.60 bits per heavy atom. The Kier molecular flexibility index (Phi) is 4.58. The minimum Gasteiger partial charge on any atom is -0.434 e. The Bertz CT molecular complexity index is 224. The van der Waals surface area contributed by atoms with Crippen molar-refractivity contribution in [1.29, 1.82) is 0 Å². The zero-order valence-corrected chi connectivity index (χ0v) is 8.97. The molecule has 0 unspecified atom stereocenters. The van der Waals surface area contributed by atoms with Crippen molar-refractivity contribution in [3.63, 3.8) is 0 Å². The van der Waals surface area contributed by atoms with E-state index in [4.69, 9.17) is 18.9 Å². The SMILES string of the molecule is C=C[C@@H]1OC(=O)OC[C@@H]1CC(OC)OC. The highest BCUT2D eigenvalue weighted by Gasteiger charge is 2.32. The topological polar surface area (TPSA) is 54.0 Å². The predicted octanol–water partition coefficient (Wildman–Crippen LogP) is 1.33. The summed E-state index contributed by atoms with van der Waals surface area (Å²) >= 11 is 0. The molecule has 0 aromatic heterocycles. The number of carbonyl (C=O) groups is 1. The van der Waals surface area contributed by atoms with Crippen molar-refractivity contribution in [2.75, 3.05) is 20.8 Å². The highest BCUT2D eigenvalue weighted by atomic mass is 16.7. The van der Waals surface area contributed by atoms with Gasteiger partial charge < -0.3 is 18.9 Å². The molecule has 0 aromatic rings. The Morgan fingerprint density at radius 2 is 2.27 bits per heavy atom.